The number of aromatic nitrogens is 3. The van der Waals surface area contributed by atoms with E-state index in [1.165, 1.54) is 0 Å². The summed E-state index contributed by atoms with van der Waals surface area (Å²) in [5.74, 6) is 1.82. The molecule has 0 saturated heterocycles. The molecule has 5 rings (SSSR count). The van der Waals surface area contributed by atoms with Crippen LogP contribution in [0.5, 0.6) is 0 Å². The lowest BCUT2D eigenvalue weighted by molar-refractivity contribution is -0.0893. The Balaban J connectivity index is 1.63. The van der Waals surface area contributed by atoms with E-state index in [1.54, 1.807) is 21.3 Å². The van der Waals surface area contributed by atoms with E-state index in [2.05, 4.69) is 12.1 Å². The maximum atomic E-state index is 10.6. The third-order valence-corrected chi connectivity index (χ3v) is 7.07. The summed E-state index contributed by atoms with van der Waals surface area (Å²) >= 11 is 0. The van der Waals surface area contributed by atoms with Gasteiger partial charge in [0.05, 0.1) is 11.2 Å². The standard InChI is InChI=1S/C33H31BN3O2/c1-32(2,38)33(3,4)39-34-28-22-14-13-20-26(28)25-19-11-12-21-27(25)31-36-29(23-15-7-5-8-16-23)35-30(37-31)24-17-9-6-10-18-24/h5-22,38H,1-4H3. The smallest absolute Gasteiger partial charge is 0.331 e. The van der Waals surface area contributed by atoms with Crippen LogP contribution in [-0.2, 0) is 4.65 Å². The lowest BCUT2D eigenvalue weighted by Gasteiger charge is -2.37. The van der Waals surface area contributed by atoms with Crippen LogP contribution in [0.2, 0.25) is 0 Å². The molecule has 5 nitrogen and oxygen atoms in total. The largest absolute Gasteiger partial charge is 0.427 e. The van der Waals surface area contributed by atoms with Gasteiger partial charge in [-0.15, -0.1) is 0 Å². The summed E-state index contributed by atoms with van der Waals surface area (Å²) in [7, 11) is 1.72. The lowest BCUT2D eigenvalue weighted by atomic mass is 9.78. The van der Waals surface area contributed by atoms with Gasteiger partial charge in [-0.1, -0.05) is 109 Å². The van der Waals surface area contributed by atoms with Crippen LogP contribution in [0, 0.1) is 0 Å². The molecule has 6 heteroatoms. The van der Waals surface area contributed by atoms with E-state index in [-0.39, 0.29) is 0 Å². The molecule has 0 aliphatic heterocycles. The first-order valence-corrected chi connectivity index (χ1v) is 13.0. The topological polar surface area (TPSA) is 68.1 Å². The van der Waals surface area contributed by atoms with Gasteiger partial charge in [-0.2, -0.15) is 0 Å². The second-order valence-corrected chi connectivity index (χ2v) is 10.5. The van der Waals surface area contributed by atoms with E-state index < -0.39 is 11.2 Å². The van der Waals surface area contributed by atoms with Crippen LogP contribution in [-0.4, -0.2) is 38.7 Å². The van der Waals surface area contributed by atoms with Crippen LogP contribution in [0.15, 0.2) is 109 Å². The van der Waals surface area contributed by atoms with Crippen LogP contribution in [0.25, 0.3) is 45.3 Å². The predicted octanol–water partition coefficient (Wildman–Crippen LogP) is 6.35. The van der Waals surface area contributed by atoms with Crippen molar-refractivity contribution in [3.05, 3.63) is 109 Å². The molecule has 1 N–H and O–H groups in total. The summed E-state index contributed by atoms with van der Waals surface area (Å²) in [4.78, 5) is 14.7. The minimum atomic E-state index is -1.02. The first-order chi connectivity index (χ1) is 18.7. The van der Waals surface area contributed by atoms with Crippen molar-refractivity contribution in [3.8, 4) is 45.3 Å². The van der Waals surface area contributed by atoms with Crippen LogP contribution < -0.4 is 5.46 Å². The minimum Gasteiger partial charge on any atom is -0.427 e. The van der Waals surface area contributed by atoms with Gasteiger partial charge in [0.25, 0.3) is 0 Å². The second-order valence-electron chi connectivity index (χ2n) is 10.5. The maximum absolute atomic E-state index is 10.6. The Labute approximate surface area is 230 Å². The Morgan fingerprint density at radius 3 is 1.51 bits per heavy atom. The van der Waals surface area contributed by atoms with E-state index in [9.17, 15) is 5.11 Å². The monoisotopic (exact) mass is 512 g/mol. The summed E-state index contributed by atoms with van der Waals surface area (Å²) < 4.78 is 6.13. The quantitative estimate of drug-likeness (QED) is 0.246. The molecule has 0 aliphatic carbocycles. The van der Waals surface area contributed by atoms with Gasteiger partial charge in [-0.05, 0) is 44.3 Å². The molecule has 1 aromatic heterocycles. The molecular formula is C33H31BN3O2. The Bertz CT molecular complexity index is 1510. The van der Waals surface area contributed by atoms with E-state index in [1.807, 2.05) is 111 Å². The molecule has 0 amide bonds. The van der Waals surface area contributed by atoms with E-state index >= 15 is 0 Å². The number of aliphatic hydroxyl groups is 1. The molecule has 1 radical (unpaired) electrons. The summed E-state index contributed by atoms with van der Waals surface area (Å²) in [6.45, 7) is 7.25. The van der Waals surface area contributed by atoms with Crippen molar-refractivity contribution in [2.75, 3.05) is 0 Å². The van der Waals surface area contributed by atoms with Crippen molar-refractivity contribution in [2.45, 2.75) is 38.9 Å². The molecule has 5 aromatic rings. The molecule has 0 aliphatic rings. The van der Waals surface area contributed by atoms with E-state index in [0.29, 0.717) is 17.5 Å². The Kier molecular flexibility index (Phi) is 7.42. The van der Waals surface area contributed by atoms with Crippen molar-refractivity contribution >= 4 is 12.9 Å². The van der Waals surface area contributed by atoms with E-state index in [4.69, 9.17) is 19.6 Å². The van der Waals surface area contributed by atoms with Gasteiger partial charge in [-0.3, -0.25) is 0 Å². The lowest BCUT2D eigenvalue weighted by Crippen LogP contribution is -2.49. The van der Waals surface area contributed by atoms with Crippen molar-refractivity contribution in [1.82, 2.24) is 15.0 Å². The minimum absolute atomic E-state index is 0.589. The van der Waals surface area contributed by atoms with Gasteiger partial charge >= 0.3 is 7.48 Å². The number of rotatable bonds is 8. The Hall–Kier alpha value is -4.13. The molecule has 0 saturated carbocycles. The molecule has 0 spiro atoms. The highest BCUT2D eigenvalue weighted by atomic mass is 16.5. The highest BCUT2D eigenvalue weighted by Crippen LogP contribution is 2.32. The number of hydrogen-bond acceptors (Lipinski definition) is 5. The highest BCUT2D eigenvalue weighted by Gasteiger charge is 2.36. The Morgan fingerprint density at radius 1 is 0.538 bits per heavy atom. The van der Waals surface area contributed by atoms with Crippen LogP contribution in [0.1, 0.15) is 27.7 Å². The van der Waals surface area contributed by atoms with Gasteiger partial charge < -0.3 is 9.76 Å². The summed E-state index contributed by atoms with van der Waals surface area (Å²) in [6, 6.07) is 36.1. The fourth-order valence-corrected chi connectivity index (χ4v) is 4.04. The number of hydrogen-bond donors (Lipinski definition) is 1. The zero-order valence-corrected chi connectivity index (χ0v) is 22.7. The van der Waals surface area contributed by atoms with Gasteiger partial charge in [0, 0.05) is 16.7 Å². The molecule has 39 heavy (non-hydrogen) atoms. The van der Waals surface area contributed by atoms with Gasteiger partial charge in [0.2, 0.25) is 0 Å². The molecule has 193 valence electrons. The molecular weight excluding hydrogens is 481 g/mol. The molecule has 0 unspecified atom stereocenters. The number of nitrogens with zero attached hydrogens (tertiary/aromatic N) is 3. The third-order valence-electron chi connectivity index (χ3n) is 7.07. The predicted molar refractivity (Wildman–Crippen MR) is 158 cm³/mol. The highest BCUT2D eigenvalue weighted by molar-refractivity contribution is 6.49. The van der Waals surface area contributed by atoms with Crippen LogP contribution in [0.4, 0.5) is 0 Å². The summed E-state index contributed by atoms with van der Waals surface area (Å²) in [6.07, 6.45) is 0. The summed E-state index contributed by atoms with van der Waals surface area (Å²) in [5, 5.41) is 10.6. The summed E-state index contributed by atoms with van der Waals surface area (Å²) in [5.41, 5.74) is 3.76. The van der Waals surface area contributed by atoms with Gasteiger partial charge in [0.15, 0.2) is 17.5 Å². The van der Waals surface area contributed by atoms with Crippen molar-refractivity contribution in [2.24, 2.45) is 0 Å². The Morgan fingerprint density at radius 2 is 0.974 bits per heavy atom. The SMILES string of the molecule is CC(C)(O)C(C)(C)O[B]c1ccccc1-c1ccccc1-c1nc(-c2ccccc2)nc(-c2ccccc2)n1. The van der Waals surface area contributed by atoms with Crippen LogP contribution >= 0.6 is 0 Å². The third kappa shape index (κ3) is 5.82. The second kappa shape index (κ2) is 10.9. The van der Waals surface area contributed by atoms with E-state index in [0.717, 1.165) is 33.3 Å². The average Bonchev–Trinajstić information content (AvgIpc) is 2.96. The zero-order chi connectivity index (χ0) is 27.5. The fourth-order valence-electron chi connectivity index (χ4n) is 4.04. The molecule has 0 atom stereocenters. The first-order valence-electron chi connectivity index (χ1n) is 13.0. The molecule has 1 heterocycles. The van der Waals surface area contributed by atoms with Crippen molar-refractivity contribution < 1.29 is 9.76 Å². The molecule has 0 fully saturated rings. The first kappa shape index (κ1) is 26.5. The molecule has 0 bridgehead atoms. The van der Waals surface area contributed by atoms with Crippen LogP contribution in [0.3, 0.4) is 0 Å². The average molecular weight is 512 g/mol. The molecule has 4 aromatic carbocycles. The normalized spacial score (nSPS) is 11.8. The number of benzene rings is 4. The van der Waals surface area contributed by atoms with Gasteiger partial charge in [-0.25, -0.2) is 15.0 Å². The zero-order valence-electron chi connectivity index (χ0n) is 22.7. The van der Waals surface area contributed by atoms with Crippen molar-refractivity contribution in [3.63, 3.8) is 0 Å². The van der Waals surface area contributed by atoms with Gasteiger partial charge in [0.1, 0.15) is 0 Å². The maximum Gasteiger partial charge on any atom is 0.331 e. The fraction of sp³-hybridized carbons (Fsp3) is 0.182. The van der Waals surface area contributed by atoms with Crippen molar-refractivity contribution in [1.29, 1.82) is 0 Å².